The van der Waals surface area contributed by atoms with Gasteiger partial charge in [-0.05, 0) is 57.4 Å². The van der Waals surface area contributed by atoms with Crippen LogP contribution < -0.4 is 15.8 Å². The lowest BCUT2D eigenvalue weighted by Gasteiger charge is -2.16. The predicted molar refractivity (Wildman–Crippen MR) is 86.2 cm³/mol. The van der Waals surface area contributed by atoms with E-state index in [0.29, 0.717) is 18.9 Å². The highest BCUT2D eigenvalue weighted by Gasteiger charge is 2.11. The van der Waals surface area contributed by atoms with E-state index in [4.69, 9.17) is 10.5 Å². The fourth-order valence-electron chi connectivity index (χ4n) is 2.00. The van der Waals surface area contributed by atoms with Crippen LogP contribution >= 0.6 is 0 Å². The van der Waals surface area contributed by atoms with Crippen molar-refractivity contribution in [1.82, 2.24) is 5.32 Å². The topological polar surface area (TPSA) is 64.4 Å². The molecule has 0 saturated carbocycles. The fourth-order valence-corrected chi connectivity index (χ4v) is 2.00. The van der Waals surface area contributed by atoms with Crippen molar-refractivity contribution in [2.24, 2.45) is 11.7 Å². The van der Waals surface area contributed by atoms with Gasteiger partial charge in [-0.15, -0.1) is 0 Å². The maximum atomic E-state index is 11.9. The lowest BCUT2D eigenvalue weighted by molar-refractivity contribution is -0.122. The summed E-state index contributed by atoms with van der Waals surface area (Å²) in [6, 6.07) is 7.86. The van der Waals surface area contributed by atoms with Gasteiger partial charge in [0.15, 0.2) is 0 Å². The molecule has 0 aliphatic rings. The number of nitrogens with two attached hydrogens (primary N) is 1. The molecule has 3 N–H and O–H groups in total. The summed E-state index contributed by atoms with van der Waals surface area (Å²) in [6.45, 7) is 8.67. The predicted octanol–water partition coefficient (Wildman–Crippen LogP) is 3.03. The summed E-state index contributed by atoms with van der Waals surface area (Å²) >= 11 is 0. The van der Waals surface area contributed by atoms with Crippen LogP contribution in [0.5, 0.6) is 5.75 Å². The number of carbonyl (C=O) groups is 1. The molecule has 21 heavy (non-hydrogen) atoms. The molecule has 1 rings (SSSR count). The number of benzene rings is 1. The summed E-state index contributed by atoms with van der Waals surface area (Å²) in [7, 11) is 0. The molecule has 0 heterocycles. The third-order valence-corrected chi connectivity index (χ3v) is 3.40. The molecule has 0 radical (unpaired) electrons. The number of hydrogen-bond acceptors (Lipinski definition) is 3. The zero-order valence-corrected chi connectivity index (χ0v) is 13.6. The Labute approximate surface area is 128 Å². The molecule has 0 fully saturated rings. The van der Waals surface area contributed by atoms with E-state index in [0.717, 1.165) is 17.7 Å². The maximum Gasteiger partial charge on any atom is 0.220 e. The molecular formula is C17H28N2O2. The van der Waals surface area contributed by atoms with Gasteiger partial charge in [-0.1, -0.05) is 19.1 Å². The van der Waals surface area contributed by atoms with E-state index < -0.39 is 0 Å². The van der Waals surface area contributed by atoms with Crippen LogP contribution in [0, 0.1) is 5.92 Å². The average molecular weight is 292 g/mol. The summed E-state index contributed by atoms with van der Waals surface area (Å²) < 4.78 is 5.61. The smallest absolute Gasteiger partial charge is 0.220 e. The average Bonchev–Trinajstić information content (AvgIpc) is 2.44. The lowest BCUT2D eigenvalue weighted by Crippen LogP contribution is -2.27. The first-order valence-corrected chi connectivity index (χ1v) is 7.68. The van der Waals surface area contributed by atoms with Gasteiger partial charge >= 0.3 is 0 Å². The number of carbonyl (C=O) groups excluding carboxylic acids is 1. The number of rotatable bonds is 8. The van der Waals surface area contributed by atoms with Gasteiger partial charge in [0.25, 0.3) is 0 Å². The van der Waals surface area contributed by atoms with Gasteiger partial charge in [0, 0.05) is 6.42 Å². The summed E-state index contributed by atoms with van der Waals surface area (Å²) in [5, 5.41) is 3.02. The normalized spacial score (nSPS) is 13.8. The molecule has 4 heteroatoms. The molecule has 0 bridgehead atoms. The molecule has 118 valence electrons. The zero-order chi connectivity index (χ0) is 15.8. The Kier molecular flexibility index (Phi) is 7.23. The Bertz CT molecular complexity index is 429. The van der Waals surface area contributed by atoms with E-state index in [1.807, 2.05) is 45.0 Å². The van der Waals surface area contributed by atoms with Gasteiger partial charge < -0.3 is 15.8 Å². The van der Waals surface area contributed by atoms with Crippen molar-refractivity contribution >= 4 is 5.91 Å². The number of hydrogen-bond donors (Lipinski definition) is 2. The summed E-state index contributed by atoms with van der Waals surface area (Å²) in [5.41, 5.74) is 6.63. The maximum absolute atomic E-state index is 11.9. The molecule has 1 aromatic rings. The van der Waals surface area contributed by atoms with Crippen LogP contribution in [0.1, 0.15) is 52.1 Å². The van der Waals surface area contributed by atoms with Crippen molar-refractivity contribution in [3.05, 3.63) is 29.8 Å². The van der Waals surface area contributed by atoms with Gasteiger partial charge in [-0.2, -0.15) is 0 Å². The second-order valence-electron chi connectivity index (χ2n) is 5.90. The summed E-state index contributed by atoms with van der Waals surface area (Å²) in [4.78, 5) is 11.9. The molecule has 2 unspecified atom stereocenters. The Balaban J connectivity index is 2.47. The molecule has 2 atom stereocenters. The number of amides is 1. The minimum absolute atomic E-state index is 0.00113. The van der Waals surface area contributed by atoms with E-state index in [9.17, 15) is 4.79 Å². The SMILES string of the molecule is CC(CN)CCC(=O)NC(C)c1ccc(OC(C)C)cc1. The van der Waals surface area contributed by atoms with Crippen molar-refractivity contribution in [2.75, 3.05) is 6.54 Å². The Morgan fingerprint density at radius 3 is 2.33 bits per heavy atom. The molecule has 0 spiro atoms. The van der Waals surface area contributed by atoms with E-state index in [1.165, 1.54) is 0 Å². The number of nitrogens with one attached hydrogen (secondary N) is 1. The third-order valence-electron chi connectivity index (χ3n) is 3.40. The van der Waals surface area contributed by atoms with Crippen LogP contribution in [0.25, 0.3) is 0 Å². The van der Waals surface area contributed by atoms with Gasteiger partial charge in [0.05, 0.1) is 12.1 Å². The minimum Gasteiger partial charge on any atom is -0.491 e. The van der Waals surface area contributed by atoms with E-state index in [-0.39, 0.29) is 18.1 Å². The number of ether oxygens (including phenoxy) is 1. The quantitative estimate of drug-likeness (QED) is 0.774. The van der Waals surface area contributed by atoms with Crippen LogP contribution in [0.15, 0.2) is 24.3 Å². The van der Waals surface area contributed by atoms with Crippen molar-refractivity contribution in [2.45, 2.75) is 52.7 Å². The molecule has 4 nitrogen and oxygen atoms in total. The van der Waals surface area contributed by atoms with Crippen molar-refractivity contribution in [3.8, 4) is 5.75 Å². The van der Waals surface area contributed by atoms with Crippen LogP contribution in [0.2, 0.25) is 0 Å². The van der Waals surface area contributed by atoms with Crippen LogP contribution in [-0.2, 0) is 4.79 Å². The van der Waals surface area contributed by atoms with Crippen LogP contribution in [0.4, 0.5) is 0 Å². The van der Waals surface area contributed by atoms with Gasteiger partial charge in [-0.25, -0.2) is 0 Å². The lowest BCUT2D eigenvalue weighted by atomic mass is 10.0. The largest absolute Gasteiger partial charge is 0.491 e. The summed E-state index contributed by atoms with van der Waals surface area (Å²) in [6.07, 6.45) is 1.52. The Morgan fingerprint density at radius 2 is 1.81 bits per heavy atom. The van der Waals surface area contributed by atoms with Crippen LogP contribution in [0.3, 0.4) is 0 Å². The zero-order valence-electron chi connectivity index (χ0n) is 13.6. The minimum atomic E-state index is -0.00113. The van der Waals surface area contributed by atoms with Gasteiger partial charge in [0.2, 0.25) is 5.91 Å². The van der Waals surface area contributed by atoms with E-state index in [1.54, 1.807) is 0 Å². The standard InChI is InChI=1S/C17H28N2O2/c1-12(2)21-16-8-6-15(7-9-16)14(4)19-17(20)10-5-13(3)11-18/h6-9,12-14H,5,10-11,18H2,1-4H3,(H,19,20). The molecular weight excluding hydrogens is 264 g/mol. The van der Waals surface area contributed by atoms with Crippen LogP contribution in [-0.4, -0.2) is 18.6 Å². The highest BCUT2D eigenvalue weighted by molar-refractivity contribution is 5.76. The molecule has 0 aliphatic heterocycles. The Hall–Kier alpha value is -1.55. The molecule has 1 amide bonds. The van der Waals surface area contributed by atoms with Crippen molar-refractivity contribution in [3.63, 3.8) is 0 Å². The van der Waals surface area contributed by atoms with Crippen molar-refractivity contribution in [1.29, 1.82) is 0 Å². The second kappa shape index (κ2) is 8.67. The molecule has 0 aliphatic carbocycles. The summed E-state index contributed by atoms with van der Waals surface area (Å²) in [5.74, 6) is 1.31. The van der Waals surface area contributed by atoms with Gasteiger partial charge in [-0.3, -0.25) is 4.79 Å². The Morgan fingerprint density at radius 1 is 1.19 bits per heavy atom. The fraction of sp³-hybridized carbons (Fsp3) is 0.588. The van der Waals surface area contributed by atoms with E-state index in [2.05, 4.69) is 12.2 Å². The van der Waals surface area contributed by atoms with Gasteiger partial charge in [0.1, 0.15) is 5.75 Å². The highest BCUT2D eigenvalue weighted by atomic mass is 16.5. The first-order chi connectivity index (χ1) is 9.92. The van der Waals surface area contributed by atoms with E-state index >= 15 is 0 Å². The second-order valence-corrected chi connectivity index (χ2v) is 5.90. The molecule has 0 aromatic heterocycles. The van der Waals surface area contributed by atoms with Crippen molar-refractivity contribution < 1.29 is 9.53 Å². The monoisotopic (exact) mass is 292 g/mol. The molecule has 0 saturated heterocycles. The first-order valence-electron chi connectivity index (χ1n) is 7.68. The molecule has 1 aromatic carbocycles. The highest BCUT2D eigenvalue weighted by Crippen LogP contribution is 2.18. The first kappa shape index (κ1) is 17.5. The third kappa shape index (κ3) is 6.63.